The van der Waals surface area contributed by atoms with Gasteiger partial charge in [0.05, 0.1) is 28.7 Å². The van der Waals surface area contributed by atoms with Crippen molar-refractivity contribution in [1.82, 2.24) is 0 Å². The Morgan fingerprint density at radius 3 is 2.79 bits per heavy atom. The van der Waals surface area contributed by atoms with Crippen molar-refractivity contribution >= 4 is 37.4 Å². The number of benzene rings is 1. The van der Waals surface area contributed by atoms with E-state index in [1.54, 1.807) is 18.2 Å². The van der Waals surface area contributed by atoms with Gasteiger partial charge in [0, 0.05) is 4.47 Å². The third-order valence-corrected chi connectivity index (χ3v) is 5.22. The predicted molar refractivity (Wildman–Crippen MR) is 74.2 cm³/mol. The number of rotatable bonds is 2. The zero-order valence-electron chi connectivity index (χ0n) is 9.89. The molecular weight excluding hydrogens is 332 g/mol. The van der Waals surface area contributed by atoms with Crippen LogP contribution in [0.1, 0.15) is 12.0 Å². The van der Waals surface area contributed by atoms with Crippen LogP contribution >= 0.6 is 15.9 Å². The van der Waals surface area contributed by atoms with Crippen LogP contribution in [0.25, 0.3) is 0 Å². The molecule has 1 aliphatic rings. The van der Waals surface area contributed by atoms with Crippen molar-refractivity contribution in [1.29, 1.82) is 5.26 Å². The molecule has 100 valence electrons. The third kappa shape index (κ3) is 3.33. The minimum absolute atomic E-state index is 0.0521. The van der Waals surface area contributed by atoms with Gasteiger partial charge < -0.3 is 5.32 Å². The molecule has 0 aromatic heterocycles. The fourth-order valence-electron chi connectivity index (χ4n) is 1.95. The summed E-state index contributed by atoms with van der Waals surface area (Å²) < 4.78 is 23.4. The van der Waals surface area contributed by atoms with E-state index in [4.69, 9.17) is 5.26 Å². The number of carbonyl (C=O) groups is 1. The van der Waals surface area contributed by atoms with Crippen LogP contribution in [-0.4, -0.2) is 25.8 Å². The highest BCUT2D eigenvalue weighted by Gasteiger charge is 2.33. The number of hydrogen-bond donors (Lipinski definition) is 1. The predicted octanol–water partition coefficient (Wildman–Crippen LogP) is 1.69. The van der Waals surface area contributed by atoms with Gasteiger partial charge in [0.15, 0.2) is 9.84 Å². The number of hydrogen-bond acceptors (Lipinski definition) is 4. The first kappa shape index (κ1) is 14.0. The van der Waals surface area contributed by atoms with Gasteiger partial charge in [0.25, 0.3) is 0 Å². The van der Waals surface area contributed by atoms with Gasteiger partial charge in [-0.15, -0.1) is 0 Å². The van der Waals surface area contributed by atoms with Crippen molar-refractivity contribution in [3.8, 4) is 6.07 Å². The summed E-state index contributed by atoms with van der Waals surface area (Å²) in [4.78, 5) is 12.0. The van der Waals surface area contributed by atoms with Gasteiger partial charge in [0.1, 0.15) is 6.07 Å². The van der Waals surface area contributed by atoms with Gasteiger partial charge in [-0.05, 0) is 24.6 Å². The second-order valence-corrected chi connectivity index (χ2v) is 7.54. The van der Waals surface area contributed by atoms with Crippen LogP contribution in [0.5, 0.6) is 0 Å². The molecule has 0 saturated carbocycles. The maximum atomic E-state index is 12.0. The molecule has 1 aromatic carbocycles. The maximum Gasteiger partial charge on any atom is 0.228 e. The lowest BCUT2D eigenvalue weighted by molar-refractivity contribution is -0.119. The van der Waals surface area contributed by atoms with Gasteiger partial charge in [0.2, 0.25) is 5.91 Å². The fourth-order valence-corrected chi connectivity index (χ4v) is 4.06. The van der Waals surface area contributed by atoms with Crippen LogP contribution in [-0.2, 0) is 14.6 Å². The molecular formula is C12H11BrN2O3S. The van der Waals surface area contributed by atoms with Gasteiger partial charge in [-0.2, -0.15) is 5.26 Å². The molecule has 2 rings (SSSR count). The zero-order chi connectivity index (χ0) is 14.0. The third-order valence-electron chi connectivity index (χ3n) is 2.96. The molecule has 1 N–H and O–H groups in total. The maximum absolute atomic E-state index is 12.0. The lowest BCUT2D eigenvalue weighted by Gasteiger charge is -2.10. The monoisotopic (exact) mass is 342 g/mol. The summed E-state index contributed by atoms with van der Waals surface area (Å²) in [5.74, 6) is -0.937. The van der Waals surface area contributed by atoms with Crippen LogP contribution < -0.4 is 5.32 Å². The normalized spacial score (nSPS) is 20.7. The molecule has 0 bridgehead atoms. The Morgan fingerprint density at radius 2 is 2.21 bits per heavy atom. The molecule has 1 fully saturated rings. The molecule has 0 spiro atoms. The highest BCUT2D eigenvalue weighted by Crippen LogP contribution is 2.23. The number of anilines is 1. The molecule has 1 atom stereocenters. The first-order chi connectivity index (χ1) is 8.91. The summed E-state index contributed by atoms with van der Waals surface area (Å²) in [6.45, 7) is 0. The van der Waals surface area contributed by atoms with Crippen LogP contribution in [0.4, 0.5) is 5.69 Å². The van der Waals surface area contributed by atoms with Crippen LogP contribution in [0, 0.1) is 17.2 Å². The van der Waals surface area contributed by atoms with E-state index >= 15 is 0 Å². The average molecular weight is 343 g/mol. The van der Waals surface area contributed by atoms with E-state index in [1.807, 2.05) is 6.07 Å². The van der Waals surface area contributed by atoms with E-state index in [-0.39, 0.29) is 17.4 Å². The van der Waals surface area contributed by atoms with E-state index in [1.165, 1.54) is 0 Å². The molecule has 1 heterocycles. The van der Waals surface area contributed by atoms with Crippen LogP contribution in [0.3, 0.4) is 0 Å². The molecule has 7 heteroatoms. The van der Waals surface area contributed by atoms with Crippen molar-refractivity contribution < 1.29 is 13.2 Å². The van der Waals surface area contributed by atoms with Crippen molar-refractivity contribution in [3.05, 3.63) is 28.2 Å². The van der Waals surface area contributed by atoms with E-state index in [0.29, 0.717) is 17.7 Å². The second-order valence-electron chi connectivity index (χ2n) is 4.39. The number of nitrogens with one attached hydrogen (secondary N) is 1. The molecule has 1 amide bonds. The molecule has 0 aliphatic carbocycles. The minimum atomic E-state index is -3.09. The molecule has 1 aromatic rings. The topological polar surface area (TPSA) is 87.0 Å². The molecule has 1 saturated heterocycles. The molecule has 1 unspecified atom stereocenters. The Balaban J connectivity index is 2.14. The van der Waals surface area contributed by atoms with Gasteiger partial charge >= 0.3 is 0 Å². The summed E-state index contributed by atoms with van der Waals surface area (Å²) in [7, 11) is -3.09. The number of carbonyl (C=O) groups excluding carboxylic acids is 1. The average Bonchev–Trinajstić information content (AvgIpc) is 2.72. The highest BCUT2D eigenvalue weighted by atomic mass is 79.9. The number of nitrogens with zero attached hydrogens (tertiary/aromatic N) is 1. The number of amides is 1. The molecule has 5 nitrogen and oxygen atoms in total. The van der Waals surface area contributed by atoms with Crippen molar-refractivity contribution in [3.63, 3.8) is 0 Å². The van der Waals surface area contributed by atoms with Crippen molar-refractivity contribution in [2.24, 2.45) is 5.92 Å². The lowest BCUT2D eigenvalue weighted by atomic mass is 10.1. The van der Waals surface area contributed by atoms with Gasteiger partial charge in [-0.1, -0.05) is 15.9 Å². The standard InChI is InChI=1S/C12H11BrN2O3S/c13-10-1-2-11(9(5-10)6-14)15-12(16)8-3-4-19(17,18)7-8/h1-2,5,8H,3-4,7H2,(H,15,16). The second kappa shape index (κ2) is 5.31. The summed E-state index contributed by atoms with van der Waals surface area (Å²) in [5.41, 5.74) is 0.739. The van der Waals surface area contributed by atoms with E-state index in [0.717, 1.165) is 4.47 Å². The molecule has 19 heavy (non-hydrogen) atoms. The number of nitriles is 1. The van der Waals surface area contributed by atoms with E-state index < -0.39 is 15.8 Å². The minimum Gasteiger partial charge on any atom is -0.325 e. The Morgan fingerprint density at radius 1 is 1.47 bits per heavy atom. The Hall–Kier alpha value is -1.39. The first-order valence-corrected chi connectivity index (χ1v) is 8.23. The Labute approximate surface area is 119 Å². The van der Waals surface area contributed by atoms with Crippen LogP contribution in [0.15, 0.2) is 22.7 Å². The Kier molecular flexibility index (Phi) is 3.92. The number of halogens is 1. The Bertz CT molecular complexity index is 664. The van der Waals surface area contributed by atoms with E-state index in [9.17, 15) is 13.2 Å². The van der Waals surface area contributed by atoms with E-state index in [2.05, 4.69) is 21.2 Å². The highest BCUT2D eigenvalue weighted by molar-refractivity contribution is 9.10. The van der Waals surface area contributed by atoms with Crippen molar-refractivity contribution in [2.75, 3.05) is 16.8 Å². The van der Waals surface area contributed by atoms with Gasteiger partial charge in [-0.25, -0.2) is 8.42 Å². The summed E-state index contributed by atoms with van der Waals surface area (Å²) in [5, 5.41) is 11.6. The molecule has 0 radical (unpaired) electrons. The van der Waals surface area contributed by atoms with Gasteiger partial charge in [-0.3, -0.25) is 4.79 Å². The quantitative estimate of drug-likeness (QED) is 0.885. The SMILES string of the molecule is N#Cc1cc(Br)ccc1NC(=O)C1CCS(=O)(=O)C1. The summed E-state index contributed by atoms with van der Waals surface area (Å²) in [6, 6.07) is 6.91. The zero-order valence-corrected chi connectivity index (χ0v) is 12.3. The summed E-state index contributed by atoms with van der Waals surface area (Å²) in [6.07, 6.45) is 0.340. The first-order valence-electron chi connectivity index (χ1n) is 5.62. The lowest BCUT2D eigenvalue weighted by Crippen LogP contribution is -2.24. The smallest absolute Gasteiger partial charge is 0.228 e. The van der Waals surface area contributed by atoms with Crippen LogP contribution in [0.2, 0.25) is 0 Å². The molecule has 1 aliphatic heterocycles. The largest absolute Gasteiger partial charge is 0.325 e. The van der Waals surface area contributed by atoms with Crippen molar-refractivity contribution in [2.45, 2.75) is 6.42 Å². The summed E-state index contributed by atoms with van der Waals surface area (Å²) >= 11 is 3.24. The number of sulfone groups is 1. The fraction of sp³-hybridized carbons (Fsp3) is 0.333.